The van der Waals surface area contributed by atoms with Crippen LogP contribution in [0.15, 0.2) is 22.7 Å². The van der Waals surface area contributed by atoms with E-state index < -0.39 is 18.5 Å². The smallest absolute Gasteiger partial charge is 0.143 e. The van der Waals surface area contributed by atoms with Crippen LogP contribution in [0.5, 0.6) is 0 Å². The molecule has 0 heterocycles. The molecule has 66 valence electrons. The fourth-order valence-electron chi connectivity index (χ4n) is 0.876. The summed E-state index contributed by atoms with van der Waals surface area (Å²) in [5.74, 6) is -0.529. The van der Waals surface area contributed by atoms with Crippen LogP contribution in [-0.2, 0) is 0 Å². The van der Waals surface area contributed by atoms with Gasteiger partial charge in [0.15, 0.2) is 0 Å². The summed E-state index contributed by atoms with van der Waals surface area (Å²) in [4.78, 5) is 0. The number of hydrogen-bond donors (Lipinski definition) is 2. The molecular weight excluding hydrogens is 227 g/mol. The number of rotatable bonds is 2. The zero-order chi connectivity index (χ0) is 9.14. The van der Waals surface area contributed by atoms with Crippen LogP contribution in [0.2, 0.25) is 0 Å². The summed E-state index contributed by atoms with van der Waals surface area (Å²) in [6, 6.07) is 4.56. The van der Waals surface area contributed by atoms with Gasteiger partial charge in [-0.25, -0.2) is 4.39 Å². The Morgan fingerprint density at radius 3 is 2.75 bits per heavy atom. The van der Waals surface area contributed by atoms with Crippen molar-refractivity contribution in [2.75, 3.05) is 6.61 Å². The third kappa shape index (κ3) is 1.83. The quantitative estimate of drug-likeness (QED) is 0.817. The monoisotopic (exact) mass is 234 g/mol. The van der Waals surface area contributed by atoms with Crippen LogP contribution in [-0.4, -0.2) is 16.8 Å². The van der Waals surface area contributed by atoms with Gasteiger partial charge < -0.3 is 10.2 Å². The van der Waals surface area contributed by atoms with E-state index in [-0.39, 0.29) is 10.0 Å². The molecule has 1 atom stereocenters. The number of aliphatic hydroxyl groups excluding tert-OH is 2. The molecule has 0 aliphatic heterocycles. The van der Waals surface area contributed by atoms with Crippen molar-refractivity contribution in [2.45, 2.75) is 6.10 Å². The number of halogens is 2. The average molecular weight is 235 g/mol. The molecule has 0 saturated heterocycles. The summed E-state index contributed by atoms with van der Waals surface area (Å²) in [6.07, 6.45) is -1.15. The molecule has 0 aliphatic carbocycles. The maximum atomic E-state index is 13.1. The van der Waals surface area contributed by atoms with Crippen molar-refractivity contribution in [3.63, 3.8) is 0 Å². The fourth-order valence-corrected chi connectivity index (χ4v) is 1.26. The first-order valence-corrected chi connectivity index (χ1v) is 4.19. The maximum absolute atomic E-state index is 13.1. The highest BCUT2D eigenvalue weighted by atomic mass is 79.9. The van der Waals surface area contributed by atoms with Crippen LogP contribution in [0, 0.1) is 5.82 Å². The van der Waals surface area contributed by atoms with Gasteiger partial charge in [0, 0.05) is 5.56 Å². The zero-order valence-electron chi connectivity index (χ0n) is 6.17. The Labute approximate surface area is 77.8 Å². The van der Waals surface area contributed by atoms with Crippen molar-refractivity contribution < 1.29 is 14.6 Å². The SMILES string of the molecule is OC[C@@H](O)c1cccc(Br)c1F. The van der Waals surface area contributed by atoms with Gasteiger partial charge in [-0.2, -0.15) is 0 Å². The molecule has 1 rings (SSSR count). The van der Waals surface area contributed by atoms with Gasteiger partial charge in [-0.1, -0.05) is 12.1 Å². The minimum atomic E-state index is -1.15. The van der Waals surface area contributed by atoms with Crippen LogP contribution in [0.1, 0.15) is 11.7 Å². The van der Waals surface area contributed by atoms with Crippen molar-refractivity contribution in [3.8, 4) is 0 Å². The molecule has 4 heteroatoms. The molecule has 0 unspecified atom stereocenters. The highest BCUT2D eigenvalue weighted by Gasteiger charge is 2.12. The van der Waals surface area contributed by atoms with Crippen LogP contribution in [0.25, 0.3) is 0 Å². The standard InChI is InChI=1S/C8H8BrFO2/c9-6-3-1-2-5(8(6)10)7(12)4-11/h1-3,7,11-12H,4H2/t7-/m1/s1. The molecule has 1 aromatic carbocycles. The lowest BCUT2D eigenvalue weighted by Crippen LogP contribution is -2.05. The van der Waals surface area contributed by atoms with Crippen molar-refractivity contribution in [1.82, 2.24) is 0 Å². The molecular formula is C8H8BrFO2. The van der Waals surface area contributed by atoms with E-state index in [1.807, 2.05) is 0 Å². The first-order chi connectivity index (χ1) is 5.66. The summed E-state index contributed by atoms with van der Waals surface area (Å²) in [5.41, 5.74) is 0.104. The Bertz CT molecular complexity index is 278. The lowest BCUT2D eigenvalue weighted by atomic mass is 10.1. The van der Waals surface area contributed by atoms with Crippen LogP contribution in [0.3, 0.4) is 0 Å². The number of hydrogen-bond acceptors (Lipinski definition) is 2. The summed E-state index contributed by atoms with van der Waals surface area (Å²) >= 11 is 2.98. The van der Waals surface area contributed by atoms with Gasteiger partial charge in [-0.3, -0.25) is 0 Å². The molecule has 0 radical (unpaired) electrons. The van der Waals surface area contributed by atoms with Crippen molar-refractivity contribution in [3.05, 3.63) is 34.1 Å². The summed E-state index contributed by atoms with van der Waals surface area (Å²) in [5, 5.41) is 17.7. The van der Waals surface area contributed by atoms with Crippen LogP contribution in [0.4, 0.5) is 4.39 Å². The molecule has 1 aromatic rings. The molecule has 2 N–H and O–H groups in total. The van der Waals surface area contributed by atoms with E-state index in [4.69, 9.17) is 10.2 Å². The number of aliphatic hydroxyl groups is 2. The topological polar surface area (TPSA) is 40.5 Å². The van der Waals surface area contributed by atoms with Gasteiger partial charge in [0.1, 0.15) is 11.9 Å². The molecule has 0 amide bonds. The summed E-state index contributed by atoms with van der Waals surface area (Å²) < 4.78 is 13.4. The second-order valence-corrected chi connectivity index (χ2v) is 3.20. The Morgan fingerprint density at radius 2 is 2.17 bits per heavy atom. The second kappa shape index (κ2) is 3.98. The van der Waals surface area contributed by atoms with Gasteiger partial charge in [-0.15, -0.1) is 0 Å². The Kier molecular flexibility index (Phi) is 3.20. The minimum Gasteiger partial charge on any atom is -0.393 e. The Hall–Kier alpha value is -0.450. The van der Waals surface area contributed by atoms with Crippen LogP contribution < -0.4 is 0 Å². The van der Waals surface area contributed by atoms with Gasteiger partial charge in [0.25, 0.3) is 0 Å². The van der Waals surface area contributed by atoms with E-state index in [0.29, 0.717) is 0 Å². The van der Waals surface area contributed by atoms with E-state index in [2.05, 4.69) is 15.9 Å². The third-order valence-corrected chi connectivity index (χ3v) is 2.13. The summed E-state index contributed by atoms with van der Waals surface area (Å²) in [7, 11) is 0. The Morgan fingerprint density at radius 1 is 1.50 bits per heavy atom. The van der Waals surface area contributed by atoms with Gasteiger partial charge in [0.2, 0.25) is 0 Å². The Balaban J connectivity index is 3.07. The van der Waals surface area contributed by atoms with E-state index in [1.165, 1.54) is 12.1 Å². The van der Waals surface area contributed by atoms with E-state index in [0.717, 1.165) is 0 Å². The largest absolute Gasteiger partial charge is 0.393 e. The first kappa shape index (κ1) is 9.64. The van der Waals surface area contributed by atoms with Crippen molar-refractivity contribution in [1.29, 1.82) is 0 Å². The van der Waals surface area contributed by atoms with Gasteiger partial charge in [0.05, 0.1) is 11.1 Å². The predicted molar refractivity (Wildman–Crippen MR) is 46.1 cm³/mol. The van der Waals surface area contributed by atoms with Gasteiger partial charge >= 0.3 is 0 Å². The van der Waals surface area contributed by atoms with Gasteiger partial charge in [-0.05, 0) is 22.0 Å². The fraction of sp³-hybridized carbons (Fsp3) is 0.250. The highest BCUT2D eigenvalue weighted by Crippen LogP contribution is 2.23. The molecule has 2 nitrogen and oxygen atoms in total. The molecule has 0 bridgehead atoms. The molecule has 0 aliphatic rings. The third-order valence-electron chi connectivity index (χ3n) is 1.51. The molecule has 0 spiro atoms. The maximum Gasteiger partial charge on any atom is 0.143 e. The molecule has 0 fully saturated rings. The lowest BCUT2D eigenvalue weighted by molar-refractivity contribution is 0.0925. The highest BCUT2D eigenvalue weighted by molar-refractivity contribution is 9.10. The van der Waals surface area contributed by atoms with E-state index >= 15 is 0 Å². The van der Waals surface area contributed by atoms with Crippen LogP contribution >= 0.6 is 15.9 Å². The molecule has 12 heavy (non-hydrogen) atoms. The first-order valence-electron chi connectivity index (χ1n) is 3.39. The lowest BCUT2D eigenvalue weighted by Gasteiger charge is -2.08. The van der Waals surface area contributed by atoms with E-state index in [1.54, 1.807) is 6.07 Å². The minimum absolute atomic E-state index is 0.104. The average Bonchev–Trinajstić information content (AvgIpc) is 2.08. The number of benzene rings is 1. The second-order valence-electron chi connectivity index (χ2n) is 2.34. The normalized spacial score (nSPS) is 13.0. The summed E-state index contributed by atoms with van der Waals surface area (Å²) in [6.45, 7) is -0.479. The van der Waals surface area contributed by atoms with Crippen molar-refractivity contribution >= 4 is 15.9 Å². The predicted octanol–water partition coefficient (Wildman–Crippen LogP) is 1.61. The van der Waals surface area contributed by atoms with E-state index in [9.17, 15) is 4.39 Å². The molecule has 0 aromatic heterocycles. The molecule has 0 saturated carbocycles. The van der Waals surface area contributed by atoms with Crippen molar-refractivity contribution in [2.24, 2.45) is 0 Å². The zero-order valence-corrected chi connectivity index (χ0v) is 7.75.